The lowest BCUT2D eigenvalue weighted by Crippen LogP contribution is -2.44. The molecule has 5 nitrogen and oxygen atoms in total. The number of benzene rings is 4. The molecule has 0 bridgehead atoms. The zero-order valence-corrected chi connectivity index (χ0v) is 18.7. The molecule has 0 aliphatic carbocycles. The van der Waals surface area contributed by atoms with E-state index in [0.717, 1.165) is 33.3 Å². The molecule has 0 fully saturated rings. The van der Waals surface area contributed by atoms with Crippen LogP contribution in [0.4, 0.5) is 10.5 Å². The molecule has 0 aliphatic rings. The topological polar surface area (TPSA) is 59.6 Å². The molecule has 0 unspecified atom stereocenters. The molecule has 168 valence electrons. The predicted molar refractivity (Wildman–Crippen MR) is 133 cm³/mol. The molecule has 33 heavy (non-hydrogen) atoms. The molecule has 4 rings (SSSR count). The van der Waals surface area contributed by atoms with Gasteiger partial charge in [0.25, 0.3) is 0 Å². The number of carbonyl (C=O) groups is 1. The second-order valence-electron chi connectivity index (χ2n) is 7.95. The maximum absolute atomic E-state index is 12.8. The quantitative estimate of drug-likeness (QED) is 0.339. The minimum Gasteiger partial charge on any atom is -0.491 e. The monoisotopic (exact) mass is 440 g/mol. The van der Waals surface area contributed by atoms with Crippen molar-refractivity contribution >= 4 is 22.5 Å². The Morgan fingerprint density at radius 3 is 2.45 bits per heavy atom. The Balaban J connectivity index is 1.40. The van der Waals surface area contributed by atoms with Gasteiger partial charge in [0.05, 0.1) is 24.9 Å². The molecule has 4 aromatic carbocycles. The summed E-state index contributed by atoms with van der Waals surface area (Å²) in [7, 11) is 0. The molecular weight excluding hydrogens is 412 g/mol. The van der Waals surface area contributed by atoms with Crippen molar-refractivity contribution in [1.29, 1.82) is 0 Å². The van der Waals surface area contributed by atoms with E-state index >= 15 is 0 Å². The van der Waals surface area contributed by atoms with E-state index in [2.05, 4.69) is 10.6 Å². The Morgan fingerprint density at radius 1 is 0.848 bits per heavy atom. The van der Waals surface area contributed by atoms with Crippen LogP contribution in [0.1, 0.15) is 11.1 Å². The lowest BCUT2D eigenvalue weighted by Gasteiger charge is -2.20. The van der Waals surface area contributed by atoms with Crippen LogP contribution in [0.25, 0.3) is 10.8 Å². The number of urea groups is 1. The fraction of sp³-hybridized carbons (Fsp3) is 0.179. The highest BCUT2D eigenvalue weighted by Crippen LogP contribution is 2.22. The van der Waals surface area contributed by atoms with Crippen LogP contribution in [0.15, 0.2) is 97.1 Å². The number of nitrogens with one attached hydrogen (secondary N) is 2. The number of ether oxygens (including phenoxy) is 2. The first-order valence-electron chi connectivity index (χ1n) is 11.0. The maximum Gasteiger partial charge on any atom is 0.319 e. The Bertz CT molecular complexity index is 1190. The predicted octanol–water partition coefficient (Wildman–Crippen LogP) is 5.93. The molecular formula is C28H28N2O3. The molecule has 0 spiro atoms. The number of aryl methyl sites for hydroxylation is 1. The van der Waals surface area contributed by atoms with E-state index < -0.39 is 0 Å². The number of amides is 2. The molecule has 0 aliphatic heterocycles. The second kappa shape index (κ2) is 11.2. The van der Waals surface area contributed by atoms with E-state index in [1.54, 1.807) is 0 Å². The summed E-state index contributed by atoms with van der Waals surface area (Å²) < 4.78 is 11.8. The summed E-state index contributed by atoms with van der Waals surface area (Å²) in [6, 6.07) is 31.0. The molecule has 0 aromatic heterocycles. The number of carbonyl (C=O) groups excluding carboxylic acids is 1. The number of hydrogen-bond donors (Lipinski definition) is 2. The lowest BCUT2D eigenvalue weighted by molar-refractivity contribution is 0.0855. The van der Waals surface area contributed by atoms with E-state index in [4.69, 9.17) is 9.47 Å². The minimum absolute atomic E-state index is 0.293. The molecule has 5 heteroatoms. The highest BCUT2D eigenvalue weighted by Gasteiger charge is 2.15. The lowest BCUT2D eigenvalue weighted by atomic mass is 10.1. The van der Waals surface area contributed by atoms with Crippen LogP contribution in [-0.2, 0) is 11.3 Å². The van der Waals surface area contributed by atoms with Gasteiger partial charge < -0.3 is 20.1 Å². The van der Waals surface area contributed by atoms with Crippen molar-refractivity contribution < 1.29 is 14.3 Å². The fourth-order valence-electron chi connectivity index (χ4n) is 3.60. The van der Waals surface area contributed by atoms with Crippen LogP contribution >= 0.6 is 0 Å². The Hall–Kier alpha value is -3.83. The van der Waals surface area contributed by atoms with Crippen molar-refractivity contribution in [1.82, 2.24) is 5.32 Å². The SMILES string of the molecule is Cc1cccc(OC[C@H](COCc2ccccc2)NC(=O)Nc2cccc3ccccc23)c1. The first kappa shape index (κ1) is 22.4. The fourth-order valence-corrected chi connectivity index (χ4v) is 3.60. The number of hydrogen-bond acceptors (Lipinski definition) is 3. The minimum atomic E-state index is -0.329. The van der Waals surface area contributed by atoms with Crippen LogP contribution in [0.5, 0.6) is 5.75 Å². The highest BCUT2D eigenvalue weighted by molar-refractivity contribution is 6.01. The van der Waals surface area contributed by atoms with Gasteiger partial charge in [-0.2, -0.15) is 0 Å². The largest absolute Gasteiger partial charge is 0.491 e. The van der Waals surface area contributed by atoms with Crippen molar-refractivity contribution in [2.24, 2.45) is 0 Å². The molecule has 0 saturated heterocycles. The average Bonchev–Trinajstić information content (AvgIpc) is 2.83. The standard InChI is InChI=1S/C28H28N2O3/c1-21-9-7-14-25(17-21)33-20-24(19-32-18-22-10-3-2-4-11-22)29-28(31)30-27-16-8-13-23-12-5-6-15-26(23)27/h2-17,24H,18-20H2,1H3,(H2,29,30,31)/t24-/m0/s1. The zero-order valence-electron chi connectivity index (χ0n) is 18.7. The van der Waals surface area contributed by atoms with Gasteiger partial charge >= 0.3 is 6.03 Å². The van der Waals surface area contributed by atoms with Gasteiger partial charge in [-0.05, 0) is 41.6 Å². The Morgan fingerprint density at radius 2 is 1.61 bits per heavy atom. The molecule has 0 saturated carbocycles. The normalized spacial score (nSPS) is 11.7. The van der Waals surface area contributed by atoms with Crippen molar-refractivity contribution in [2.45, 2.75) is 19.6 Å². The van der Waals surface area contributed by atoms with Crippen molar-refractivity contribution in [3.05, 3.63) is 108 Å². The van der Waals surface area contributed by atoms with Crippen molar-refractivity contribution in [3.8, 4) is 5.75 Å². The summed E-state index contributed by atoms with van der Waals surface area (Å²) in [6.07, 6.45) is 0. The van der Waals surface area contributed by atoms with Crippen LogP contribution in [0, 0.1) is 6.92 Å². The van der Waals surface area contributed by atoms with Gasteiger partial charge in [0.15, 0.2) is 0 Å². The Labute approximate surface area is 194 Å². The van der Waals surface area contributed by atoms with E-state index in [9.17, 15) is 4.79 Å². The Kier molecular flexibility index (Phi) is 7.56. The second-order valence-corrected chi connectivity index (χ2v) is 7.95. The zero-order chi connectivity index (χ0) is 22.9. The van der Waals surface area contributed by atoms with Crippen LogP contribution in [-0.4, -0.2) is 25.3 Å². The van der Waals surface area contributed by atoms with Crippen molar-refractivity contribution in [2.75, 3.05) is 18.5 Å². The van der Waals surface area contributed by atoms with Crippen molar-refractivity contribution in [3.63, 3.8) is 0 Å². The van der Waals surface area contributed by atoms with Gasteiger partial charge in [0, 0.05) is 5.39 Å². The summed E-state index contributed by atoms with van der Waals surface area (Å²) in [4.78, 5) is 12.8. The average molecular weight is 441 g/mol. The van der Waals surface area contributed by atoms with Gasteiger partial charge in [-0.1, -0.05) is 78.9 Å². The number of fused-ring (bicyclic) bond motifs is 1. The van der Waals surface area contributed by atoms with Gasteiger partial charge in [-0.25, -0.2) is 4.79 Å². The van der Waals surface area contributed by atoms with Gasteiger partial charge in [-0.15, -0.1) is 0 Å². The highest BCUT2D eigenvalue weighted by atomic mass is 16.5. The molecule has 0 heterocycles. The third-order valence-electron chi connectivity index (χ3n) is 5.24. The third-order valence-corrected chi connectivity index (χ3v) is 5.24. The van der Waals surface area contributed by atoms with E-state index in [1.165, 1.54) is 0 Å². The first-order valence-corrected chi connectivity index (χ1v) is 11.0. The maximum atomic E-state index is 12.8. The molecule has 2 amide bonds. The van der Waals surface area contributed by atoms with E-state index in [0.29, 0.717) is 19.8 Å². The van der Waals surface area contributed by atoms with Crippen LogP contribution < -0.4 is 15.4 Å². The third kappa shape index (κ3) is 6.57. The summed E-state index contributed by atoms with van der Waals surface area (Å²) in [5, 5.41) is 8.03. The van der Waals surface area contributed by atoms with Crippen LogP contribution in [0.3, 0.4) is 0 Å². The van der Waals surface area contributed by atoms with Gasteiger partial charge in [0.1, 0.15) is 12.4 Å². The van der Waals surface area contributed by atoms with Crippen LogP contribution in [0.2, 0.25) is 0 Å². The van der Waals surface area contributed by atoms with E-state index in [1.807, 2.05) is 104 Å². The molecule has 0 radical (unpaired) electrons. The molecule has 1 atom stereocenters. The summed E-state index contributed by atoms with van der Waals surface area (Å²) in [6.45, 7) is 3.10. The first-order chi connectivity index (χ1) is 16.2. The number of anilines is 1. The van der Waals surface area contributed by atoms with E-state index in [-0.39, 0.29) is 12.1 Å². The molecule has 4 aromatic rings. The molecule has 2 N–H and O–H groups in total. The van der Waals surface area contributed by atoms with Gasteiger partial charge in [0.2, 0.25) is 0 Å². The summed E-state index contributed by atoms with van der Waals surface area (Å²) in [5.41, 5.74) is 2.95. The summed E-state index contributed by atoms with van der Waals surface area (Å²) in [5.74, 6) is 0.763. The summed E-state index contributed by atoms with van der Waals surface area (Å²) >= 11 is 0. The van der Waals surface area contributed by atoms with Gasteiger partial charge in [-0.3, -0.25) is 0 Å². The number of rotatable bonds is 9. The smallest absolute Gasteiger partial charge is 0.319 e.